The first-order chi connectivity index (χ1) is 20.6. The van der Waals surface area contributed by atoms with Gasteiger partial charge in [-0.1, -0.05) is 66.5 Å². The minimum atomic E-state index is -0.516. The normalized spacial score (nSPS) is 17.6. The molecular formula is C34H39Cl2FN2O4. The summed E-state index contributed by atoms with van der Waals surface area (Å²) in [5.74, 6) is 0.608. The molecule has 43 heavy (non-hydrogen) atoms. The van der Waals surface area contributed by atoms with Crippen molar-refractivity contribution in [2.45, 2.75) is 58.0 Å². The van der Waals surface area contributed by atoms with E-state index in [0.29, 0.717) is 34.2 Å². The molecule has 0 radical (unpaired) electrons. The molecule has 2 saturated carbocycles. The first kappa shape index (κ1) is 32.8. The van der Waals surface area contributed by atoms with E-state index in [1.54, 1.807) is 12.1 Å². The third-order valence-electron chi connectivity index (χ3n) is 7.83. The molecule has 3 aromatic carbocycles. The largest absolute Gasteiger partial charge is 0.493 e. The van der Waals surface area contributed by atoms with Crippen molar-refractivity contribution in [1.29, 1.82) is 0 Å². The van der Waals surface area contributed by atoms with Crippen LogP contribution in [0.5, 0.6) is 5.75 Å². The summed E-state index contributed by atoms with van der Waals surface area (Å²) in [4.78, 5) is 23.4. The highest BCUT2D eigenvalue weighted by Gasteiger charge is 2.40. The number of halogens is 3. The summed E-state index contributed by atoms with van der Waals surface area (Å²) < 4.78 is 21.1. The second-order valence-electron chi connectivity index (χ2n) is 12.0. The zero-order valence-electron chi connectivity index (χ0n) is 24.6. The molecule has 6 nitrogen and oxygen atoms in total. The lowest BCUT2D eigenvalue weighted by Gasteiger charge is -2.48. The van der Waals surface area contributed by atoms with Gasteiger partial charge in [-0.25, -0.2) is 4.39 Å². The summed E-state index contributed by atoms with van der Waals surface area (Å²) in [5.41, 5.74) is 2.15. The van der Waals surface area contributed by atoms with Gasteiger partial charge in [0.05, 0.1) is 12.2 Å². The number of rotatable bonds is 9. The van der Waals surface area contributed by atoms with E-state index in [-0.39, 0.29) is 29.4 Å². The van der Waals surface area contributed by atoms with Gasteiger partial charge in [-0.05, 0) is 79.8 Å². The van der Waals surface area contributed by atoms with Crippen molar-refractivity contribution in [1.82, 2.24) is 10.2 Å². The van der Waals surface area contributed by atoms with E-state index in [4.69, 9.17) is 37.8 Å². The lowest BCUT2D eigenvalue weighted by atomic mass is 9.82. The van der Waals surface area contributed by atoms with Gasteiger partial charge in [-0.2, -0.15) is 0 Å². The van der Waals surface area contributed by atoms with Crippen LogP contribution in [-0.4, -0.2) is 48.1 Å². The molecule has 1 unspecified atom stereocenters. The Morgan fingerprint density at radius 3 is 2.12 bits per heavy atom. The molecule has 6 rings (SSSR count). The van der Waals surface area contributed by atoms with Crippen molar-refractivity contribution in [3.8, 4) is 5.75 Å². The van der Waals surface area contributed by atoms with Gasteiger partial charge < -0.3 is 15.2 Å². The molecule has 0 aromatic heterocycles. The van der Waals surface area contributed by atoms with Crippen molar-refractivity contribution < 1.29 is 23.8 Å². The Bertz CT molecular complexity index is 1330. The van der Waals surface area contributed by atoms with E-state index in [2.05, 4.69) is 17.1 Å². The quantitative estimate of drug-likeness (QED) is 0.236. The molecule has 1 saturated heterocycles. The molecular weight excluding hydrogens is 590 g/mol. The Balaban J connectivity index is 0.000000408. The smallest absolute Gasteiger partial charge is 0.290 e. The molecule has 1 aliphatic heterocycles. The average molecular weight is 630 g/mol. The highest BCUT2D eigenvalue weighted by Crippen LogP contribution is 2.46. The van der Waals surface area contributed by atoms with Crippen LogP contribution in [0.4, 0.5) is 4.39 Å². The molecule has 1 atom stereocenters. The van der Waals surface area contributed by atoms with Gasteiger partial charge in [0, 0.05) is 47.2 Å². The number of carbonyl (C=O) groups is 2. The Labute approximate surface area is 263 Å². The minimum absolute atomic E-state index is 0.0184. The Kier molecular flexibility index (Phi) is 11.5. The molecule has 230 valence electrons. The number of hydrogen-bond donors (Lipinski definition) is 2. The van der Waals surface area contributed by atoms with Crippen LogP contribution in [0.1, 0.15) is 66.9 Å². The molecule has 2 N–H and O–H groups in total. The van der Waals surface area contributed by atoms with Crippen LogP contribution in [-0.2, 0) is 11.3 Å². The van der Waals surface area contributed by atoms with Crippen molar-refractivity contribution in [3.05, 3.63) is 99.3 Å². The minimum Gasteiger partial charge on any atom is -0.493 e. The molecule has 3 aliphatic rings. The number of benzene rings is 3. The summed E-state index contributed by atoms with van der Waals surface area (Å²) in [6.07, 6.45) is 4.36. The van der Waals surface area contributed by atoms with E-state index in [1.165, 1.54) is 6.07 Å². The molecule has 2 aliphatic carbocycles. The van der Waals surface area contributed by atoms with E-state index in [9.17, 15) is 9.18 Å². The summed E-state index contributed by atoms with van der Waals surface area (Å²) in [6.45, 7) is 6.96. The van der Waals surface area contributed by atoms with Crippen LogP contribution in [0.15, 0.2) is 66.7 Å². The molecule has 0 spiro atoms. The highest BCUT2D eigenvalue weighted by atomic mass is 35.5. The van der Waals surface area contributed by atoms with Gasteiger partial charge in [-0.3, -0.25) is 14.5 Å². The second kappa shape index (κ2) is 15.0. The Morgan fingerprint density at radius 2 is 1.60 bits per heavy atom. The van der Waals surface area contributed by atoms with Gasteiger partial charge in [0.25, 0.3) is 12.4 Å². The number of ether oxygens (including phenoxy) is 1. The first-order valence-electron chi connectivity index (χ1n) is 14.6. The van der Waals surface area contributed by atoms with E-state index >= 15 is 0 Å². The predicted octanol–water partition coefficient (Wildman–Crippen LogP) is 7.83. The second-order valence-corrected chi connectivity index (χ2v) is 12.9. The Hall–Kier alpha value is -3.13. The third kappa shape index (κ3) is 9.95. The molecule has 3 fully saturated rings. The first-order valence-corrected chi connectivity index (χ1v) is 15.4. The van der Waals surface area contributed by atoms with Gasteiger partial charge in [0.15, 0.2) is 0 Å². The number of nitrogens with one attached hydrogen (secondary N) is 1. The van der Waals surface area contributed by atoms with Crippen LogP contribution in [0.3, 0.4) is 0 Å². The standard InChI is InChI=1S/C27H31Cl2FN2O2.C6H6.CH2O2/c1-16(18-3-4-18)31-26(33)23-10-22(19-5-6-19)25(11-24(23)30)34-15-27(2)13-32(14-27)12-17-7-20(28)9-21(29)8-17;1-2-4-6-5-3-1;2-1-3/h7-11,16,18-19H,3-6,12-15H2,1-2H3,(H,31,33);1-6H;1H,(H,2,3). The zero-order chi connectivity index (χ0) is 31.0. The summed E-state index contributed by atoms with van der Waals surface area (Å²) >= 11 is 12.2. The molecule has 0 bridgehead atoms. The van der Waals surface area contributed by atoms with Gasteiger partial charge >= 0.3 is 0 Å². The molecule has 9 heteroatoms. The molecule has 1 heterocycles. The van der Waals surface area contributed by atoms with Crippen LogP contribution < -0.4 is 10.1 Å². The predicted molar refractivity (Wildman–Crippen MR) is 169 cm³/mol. The van der Waals surface area contributed by atoms with Gasteiger partial charge in [0.1, 0.15) is 11.6 Å². The number of hydrogen-bond acceptors (Lipinski definition) is 4. The average Bonchev–Trinajstić information content (AvgIpc) is 3.86. The zero-order valence-corrected chi connectivity index (χ0v) is 26.1. The van der Waals surface area contributed by atoms with Crippen molar-refractivity contribution in [3.63, 3.8) is 0 Å². The Morgan fingerprint density at radius 1 is 1.05 bits per heavy atom. The number of amides is 1. The van der Waals surface area contributed by atoms with Crippen LogP contribution in [0.2, 0.25) is 10.0 Å². The lowest BCUT2D eigenvalue weighted by molar-refractivity contribution is -0.122. The van der Waals surface area contributed by atoms with Crippen LogP contribution in [0.25, 0.3) is 0 Å². The number of nitrogens with zero attached hydrogens (tertiary/aromatic N) is 1. The summed E-state index contributed by atoms with van der Waals surface area (Å²) in [6, 6.07) is 20.8. The summed E-state index contributed by atoms with van der Waals surface area (Å²) in [7, 11) is 0. The van der Waals surface area contributed by atoms with Gasteiger partial charge in [-0.15, -0.1) is 0 Å². The fourth-order valence-electron chi connectivity index (χ4n) is 5.42. The maximum Gasteiger partial charge on any atom is 0.290 e. The number of carboxylic acid groups (broad SMARTS) is 1. The number of carbonyl (C=O) groups excluding carboxylic acids is 1. The fourth-order valence-corrected chi connectivity index (χ4v) is 5.99. The lowest BCUT2D eigenvalue weighted by Crippen LogP contribution is -2.56. The SMILES string of the molecule is CC(NC(=O)c1cc(C2CC2)c(OCC2(C)CN(Cc3cc(Cl)cc(Cl)c3)C2)cc1F)C1CC1.O=CO.c1ccccc1. The number of likely N-dealkylation sites (tertiary alicyclic amines) is 1. The van der Waals surface area contributed by atoms with Crippen LogP contribution in [0, 0.1) is 17.2 Å². The molecule has 3 aromatic rings. The summed E-state index contributed by atoms with van der Waals surface area (Å²) in [5, 5.41) is 11.1. The maximum absolute atomic E-state index is 14.9. The monoisotopic (exact) mass is 628 g/mol. The topological polar surface area (TPSA) is 78.9 Å². The van der Waals surface area contributed by atoms with Gasteiger partial charge in [0.2, 0.25) is 0 Å². The molecule has 1 amide bonds. The van der Waals surface area contributed by atoms with Crippen molar-refractivity contribution in [2.75, 3.05) is 19.7 Å². The van der Waals surface area contributed by atoms with Crippen molar-refractivity contribution in [2.24, 2.45) is 11.3 Å². The van der Waals surface area contributed by atoms with Crippen molar-refractivity contribution >= 4 is 35.6 Å². The fraction of sp³-hybridized carbons (Fsp3) is 0.412. The third-order valence-corrected chi connectivity index (χ3v) is 8.27. The van der Waals surface area contributed by atoms with E-state index < -0.39 is 5.82 Å². The van der Waals surface area contributed by atoms with E-state index in [0.717, 1.165) is 56.4 Å². The highest BCUT2D eigenvalue weighted by molar-refractivity contribution is 6.34. The van der Waals surface area contributed by atoms with E-state index in [1.807, 2.05) is 55.5 Å². The van der Waals surface area contributed by atoms with Crippen LogP contribution >= 0.6 is 23.2 Å². The maximum atomic E-state index is 14.9.